The highest BCUT2D eigenvalue weighted by molar-refractivity contribution is 5.84. The van der Waals surface area contributed by atoms with Gasteiger partial charge in [-0.3, -0.25) is 4.79 Å². The third-order valence-electron chi connectivity index (χ3n) is 5.04. The van der Waals surface area contributed by atoms with E-state index in [0.717, 1.165) is 44.5 Å². The Hall–Kier alpha value is -1.58. The first-order valence-corrected chi connectivity index (χ1v) is 7.92. The SMILES string of the molecule is O=C(O)C1(c2cc(F)ccc2N2CCCCC2)CCCC1. The third kappa shape index (κ3) is 2.52. The van der Waals surface area contributed by atoms with Gasteiger partial charge in [-0.05, 0) is 55.9 Å². The lowest BCUT2D eigenvalue weighted by atomic mass is 9.77. The van der Waals surface area contributed by atoms with E-state index in [1.165, 1.54) is 18.6 Å². The number of nitrogens with zero attached hydrogens (tertiary/aromatic N) is 1. The van der Waals surface area contributed by atoms with Crippen molar-refractivity contribution in [3.63, 3.8) is 0 Å². The van der Waals surface area contributed by atoms with Gasteiger partial charge in [0.05, 0.1) is 5.41 Å². The molecule has 0 atom stereocenters. The maximum atomic E-state index is 13.8. The largest absolute Gasteiger partial charge is 0.481 e. The fourth-order valence-electron chi connectivity index (χ4n) is 3.88. The Bertz CT molecular complexity index is 532. The molecule has 1 aliphatic carbocycles. The van der Waals surface area contributed by atoms with Crippen LogP contribution in [0.3, 0.4) is 0 Å². The Kier molecular flexibility index (Phi) is 3.87. The van der Waals surface area contributed by atoms with Crippen molar-refractivity contribution in [3.8, 4) is 0 Å². The molecule has 0 bridgehead atoms. The molecule has 4 heteroatoms. The molecule has 2 aliphatic rings. The quantitative estimate of drug-likeness (QED) is 0.923. The van der Waals surface area contributed by atoms with Crippen molar-refractivity contribution in [2.24, 2.45) is 0 Å². The number of piperidine rings is 1. The number of benzene rings is 1. The summed E-state index contributed by atoms with van der Waals surface area (Å²) in [5.74, 6) is -1.14. The van der Waals surface area contributed by atoms with Crippen LogP contribution in [0.5, 0.6) is 0 Å². The molecule has 1 N–H and O–H groups in total. The van der Waals surface area contributed by atoms with Gasteiger partial charge < -0.3 is 10.0 Å². The molecule has 1 aromatic rings. The van der Waals surface area contributed by atoms with E-state index >= 15 is 0 Å². The summed E-state index contributed by atoms with van der Waals surface area (Å²) < 4.78 is 13.8. The minimum Gasteiger partial charge on any atom is -0.481 e. The number of aliphatic carboxylic acids is 1. The van der Waals surface area contributed by atoms with Gasteiger partial charge in [-0.2, -0.15) is 0 Å². The van der Waals surface area contributed by atoms with Crippen molar-refractivity contribution in [3.05, 3.63) is 29.6 Å². The summed E-state index contributed by atoms with van der Waals surface area (Å²) in [6, 6.07) is 4.69. The van der Waals surface area contributed by atoms with Crippen molar-refractivity contribution in [2.75, 3.05) is 18.0 Å². The first-order chi connectivity index (χ1) is 10.1. The first-order valence-electron chi connectivity index (χ1n) is 7.92. The van der Waals surface area contributed by atoms with Crippen LogP contribution in [-0.2, 0) is 10.2 Å². The highest BCUT2D eigenvalue weighted by atomic mass is 19.1. The van der Waals surface area contributed by atoms with Crippen LogP contribution in [-0.4, -0.2) is 24.2 Å². The second-order valence-corrected chi connectivity index (χ2v) is 6.30. The Balaban J connectivity index is 2.07. The second kappa shape index (κ2) is 5.66. The number of hydrogen-bond acceptors (Lipinski definition) is 2. The topological polar surface area (TPSA) is 40.5 Å². The fourth-order valence-corrected chi connectivity index (χ4v) is 3.88. The lowest BCUT2D eigenvalue weighted by Crippen LogP contribution is -2.37. The summed E-state index contributed by atoms with van der Waals surface area (Å²) >= 11 is 0. The van der Waals surface area contributed by atoms with Crippen LogP contribution in [0, 0.1) is 5.82 Å². The summed E-state index contributed by atoms with van der Waals surface area (Å²) in [5, 5.41) is 9.79. The van der Waals surface area contributed by atoms with Crippen LogP contribution < -0.4 is 4.90 Å². The lowest BCUT2D eigenvalue weighted by molar-refractivity contribution is -0.143. The van der Waals surface area contributed by atoms with Crippen molar-refractivity contribution >= 4 is 11.7 Å². The van der Waals surface area contributed by atoms with E-state index in [1.807, 2.05) is 0 Å². The lowest BCUT2D eigenvalue weighted by Gasteiger charge is -2.35. The van der Waals surface area contributed by atoms with Crippen molar-refractivity contribution in [1.82, 2.24) is 0 Å². The summed E-state index contributed by atoms with van der Waals surface area (Å²) in [6.07, 6.45) is 6.51. The highest BCUT2D eigenvalue weighted by Gasteiger charge is 2.45. The first kappa shape index (κ1) is 14.4. The molecule has 3 rings (SSSR count). The van der Waals surface area contributed by atoms with E-state index < -0.39 is 11.4 Å². The molecule has 21 heavy (non-hydrogen) atoms. The van der Waals surface area contributed by atoms with Crippen LogP contribution in [0.2, 0.25) is 0 Å². The normalized spacial score (nSPS) is 21.5. The van der Waals surface area contributed by atoms with Gasteiger partial charge in [0.15, 0.2) is 0 Å². The predicted octanol–water partition coefficient (Wildman–Crippen LogP) is 3.71. The molecule has 2 fully saturated rings. The zero-order chi connectivity index (χ0) is 14.9. The van der Waals surface area contributed by atoms with Crippen molar-refractivity contribution in [2.45, 2.75) is 50.4 Å². The van der Waals surface area contributed by atoms with Crippen molar-refractivity contribution in [1.29, 1.82) is 0 Å². The molecule has 0 amide bonds. The van der Waals surface area contributed by atoms with E-state index in [0.29, 0.717) is 18.4 Å². The van der Waals surface area contributed by atoms with Crippen LogP contribution in [0.4, 0.5) is 10.1 Å². The Morgan fingerprint density at radius 1 is 1.10 bits per heavy atom. The number of rotatable bonds is 3. The monoisotopic (exact) mass is 291 g/mol. The second-order valence-electron chi connectivity index (χ2n) is 6.30. The molecule has 0 unspecified atom stereocenters. The van der Waals surface area contributed by atoms with Gasteiger partial charge in [0.2, 0.25) is 0 Å². The van der Waals surface area contributed by atoms with Gasteiger partial charge in [-0.25, -0.2) is 4.39 Å². The van der Waals surface area contributed by atoms with Crippen LogP contribution >= 0.6 is 0 Å². The Morgan fingerprint density at radius 2 is 1.76 bits per heavy atom. The molecule has 1 saturated heterocycles. The van der Waals surface area contributed by atoms with E-state index in [-0.39, 0.29) is 5.82 Å². The summed E-state index contributed by atoms with van der Waals surface area (Å²) in [5.41, 5.74) is 0.726. The summed E-state index contributed by atoms with van der Waals surface area (Å²) in [6.45, 7) is 1.88. The van der Waals surface area contributed by atoms with E-state index in [4.69, 9.17) is 0 Å². The molecule has 1 saturated carbocycles. The Labute approximate surface area is 124 Å². The van der Waals surface area contributed by atoms with Gasteiger partial charge in [0, 0.05) is 18.8 Å². The molecule has 1 aliphatic heterocycles. The highest BCUT2D eigenvalue weighted by Crippen LogP contribution is 2.45. The van der Waals surface area contributed by atoms with Crippen LogP contribution in [0.25, 0.3) is 0 Å². The van der Waals surface area contributed by atoms with Crippen molar-refractivity contribution < 1.29 is 14.3 Å². The Morgan fingerprint density at radius 3 is 2.38 bits per heavy atom. The maximum Gasteiger partial charge on any atom is 0.314 e. The van der Waals surface area contributed by atoms with E-state index in [1.54, 1.807) is 6.07 Å². The molecule has 1 aromatic carbocycles. The number of carbonyl (C=O) groups is 1. The molecule has 3 nitrogen and oxygen atoms in total. The number of anilines is 1. The smallest absolute Gasteiger partial charge is 0.314 e. The molecule has 114 valence electrons. The van der Waals surface area contributed by atoms with Crippen LogP contribution in [0.15, 0.2) is 18.2 Å². The molecular weight excluding hydrogens is 269 g/mol. The van der Waals surface area contributed by atoms with E-state index in [9.17, 15) is 14.3 Å². The number of carboxylic acids is 1. The average Bonchev–Trinajstić information content (AvgIpc) is 2.99. The predicted molar refractivity (Wildman–Crippen MR) is 80.2 cm³/mol. The number of carboxylic acid groups (broad SMARTS) is 1. The van der Waals surface area contributed by atoms with Gasteiger partial charge in [-0.15, -0.1) is 0 Å². The summed E-state index contributed by atoms with van der Waals surface area (Å²) in [4.78, 5) is 14.2. The van der Waals surface area contributed by atoms with Crippen LogP contribution in [0.1, 0.15) is 50.5 Å². The zero-order valence-corrected chi connectivity index (χ0v) is 12.3. The maximum absolute atomic E-state index is 13.8. The number of halogens is 1. The molecule has 1 heterocycles. The molecular formula is C17H22FNO2. The summed E-state index contributed by atoms with van der Waals surface area (Å²) in [7, 11) is 0. The zero-order valence-electron chi connectivity index (χ0n) is 12.3. The molecule has 0 spiro atoms. The standard InChI is InChI=1S/C17H22FNO2/c18-13-6-7-15(19-10-4-1-5-11-19)14(12-13)17(16(20)21)8-2-3-9-17/h6-7,12H,1-5,8-11H2,(H,20,21). The third-order valence-corrected chi connectivity index (χ3v) is 5.04. The average molecular weight is 291 g/mol. The fraction of sp³-hybridized carbons (Fsp3) is 0.588. The van der Waals surface area contributed by atoms with E-state index in [2.05, 4.69) is 4.90 Å². The van der Waals surface area contributed by atoms with Gasteiger partial charge in [0.1, 0.15) is 5.82 Å². The number of hydrogen-bond donors (Lipinski definition) is 1. The minimum absolute atomic E-state index is 0.335. The van der Waals surface area contributed by atoms with Gasteiger partial charge >= 0.3 is 5.97 Å². The van der Waals surface area contributed by atoms with Gasteiger partial charge in [-0.1, -0.05) is 12.8 Å². The molecule has 0 radical (unpaired) electrons. The minimum atomic E-state index is -0.894. The molecule has 0 aromatic heterocycles. The van der Waals surface area contributed by atoms with Gasteiger partial charge in [0.25, 0.3) is 0 Å².